The third-order valence-electron chi connectivity index (χ3n) is 3.20. The number of phenols is 1. The van der Waals surface area contributed by atoms with Crippen LogP contribution in [-0.4, -0.2) is 33.2 Å². The molecule has 4 nitrogen and oxygen atoms in total. The SMILES string of the molecule is CC(C)N(C(C)C)C(CC(=O)O)c1ccc(O)cc1. The Morgan fingerprint density at radius 3 is 1.95 bits per heavy atom. The van der Waals surface area contributed by atoms with Gasteiger partial charge in [0.15, 0.2) is 0 Å². The van der Waals surface area contributed by atoms with Crippen molar-refractivity contribution in [3.63, 3.8) is 0 Å². The van der Waals surface area contributed by atoms with E-state index in [4.69, 9.17) is 5.11 Å². The summed E-state index contributed by atoms with van der Waals surface area (Å²) in [5.74, 6) is -0.622. The lowest BCUT2D eigenvalue weighted by Gasteiger charge is -2.38. The van der Waals surface area contributed by atoms with Crippen LogP contribution in [0.25, 0.3) is 0 Å². The van der Waals surface area contributed by atoms with Crippen molar-refractivity contribution in [2.75, 3.05) is 0 Å². The number of hydrogen-bond donors (Lipinski definition) is 2. The van der Waals surface area contributed by atoms with Gasteiger partial charge in [-0.3, -0.25) is 9.69 Å². The molecule has 0 aliphatic rings. The average molecular weight is 265 g/mol. The molecular weight excluding hydrogens is 242 g/mol. The fourth-order valence-electron chi connectivity index (χ4n) is 2.57. The van der Waals surface area contributed by atoms with Crippen molar-refractivity contribution >= 4 is 5.97 Å². The van der Waals surface area contributed by atoms with E-state index in [0.717, 1.165) is 5.56 Å². The predicted molar refractivity (Wildman–Crippen MR) is 75.2 cm³/mol. The van der Waals surface area contributed by atoms with Gasteiger partial charge in [0.25, 0.3) is 0 Å². The molecule has 0 amide bonds. The number of carboxylic acids is 1. The Labute approximate surface area is 114 Å². The van der Waals surface area contributed by atoms with E-state index in [2.05, 4.69) is 32.6 Å². The highest BCUT2D eigenvalue weighted by molar-refractivity contribution is 5.68. The standard InChI is InChI=1S/C15H23NO3/c1-10(2)16(11(3)4)14(9-15(18)19)12-5-7-13(17)8-6-12/h5-8,10-11,14,17H,9H2,1-4H3,(H,18,19). The van der Waals surface area contributed by atoms with Crippen LogP contribution in [0.1, 0.15) is 45.7 Å². The summed E-state index contributed by atoms with van der Waals surface area (Å²) in [5, 5.41) is 18.5. The van der Waals surface area contributed by atoms with E-state index < -0.39 is 5.97 Å². The number of benzene rings is 1. The van der Waals surface area contributed by atoms with Crippen LogP contribution in [0.15, 0.2) is 24.3 Å². The van der Waals surface area contributed by atoms with E-state index >= 15 is 0 Å². The molecule has 0 heterocycles. The van der Waals surface area contributed by atoms with Gasteiger partial charge in [0.2, 0.25) is 0 Å². The molecule has 1 aromatic carbocycles. The van der Waals surface area contributed by atoms with Crippen molar-refractivity contribution in [2.24, 2.45) is 0 Å². The minimum absolute atomic E-state index is 0.0567. The molecule has 106 valence electrons. The van der Waals surface area contributed by atoms with Crippen LogP contribution < -0.4 is 0 Å². The van der Waals surface area contributed by atoms with Gasteiger partial charge in [-0.2, -0.15) is 0 Å². The normalized spacial score (nSPS) is 13.2. The molecule has 0 fully saturated rings. The topological polar surface area (TPSA) is 60.8 Å². The number of aromatic hydroxyl groups is 1. The van der Waals surface area contributed by atoms with Crippen LogP contribution in [0.3, 0.4) is 0 Å². The molecule has 4 heteroatoms. The van der Waals surface area contributed by atoms with Crippen molar-refractivity contribution in [1.29, 1.82) is 0 Å². The Bertz CT molecular complexity index is 404. The Kier molecular flexibility index (Phi) is 5.36. The largest absolute Gasteiger partial charge is 0.508 e. The van der Waals surface area contributed by atoms with Crippen LogP contribution in [-0.2, 0) is 4.79 Å². The van der Waals surface area contributed by atoms with E-state index in [-0.39, 0.29) is 30.3 Å². The lowest BCUT2D eigenvalue weighted by atomic mass is 9.98. The first kappa shape index (κ1) is 15.5. The van der Waals surface area contributed by atoms with Crippen LogP contribution in [0.5, 0.6) is 5.75 Å². The molecule has 0 radical (unpaired) electrons. The van der Waals surface area contributed by atoms with Crippen LogP contribution >= 0.6 is 0 Å². The number of carboxylic acid groups (broad SMARTS) is 1. The highest BCUT2D eigenvalue weighted by atomic mass is 16.4. The van der Waals surface area contributed by atoms with Crippen molar-refractivity contribution in [3.8, 4) is 5.75 Å². The predicted octanol–water partition coefficient (Wildman–Crippen LogP) is 3.03. The van der Waals surface area contributed by atoms with E-state index in [1.54, 1.807) is 24.3 Å². The maximum absolute atomic E-state index is 11.1. The fraction of sp³-hybridized carbons (Fsp3) is 0.533. The summed E-state index contributed by atoms with van der Waals surface area (Å²) >= 11 is 0. The smallest absolute Gasteiger partial charge is 0.305 e. The maximum Gasteiger partial charge on any atom is 0.305 e. The molecule has 0 spiro atoms. The molecule has 0 aliphatic carbocycles. The van der Waals surface area contributed by atoms with E-state index in [0.29, 0.717) is 0 Å². The van der Waals surface area contributed by atoms with Gasteiger partial charge in [-0.15, -0.1) is 0 Å². The molecule has 1 rings (SSSR count). The number of hydrogen-bond acceptors (Lipinski definition) is 3. The Balaban J connectivity index is 3.12. The first-order valence-corrected chi connectivity index (χ1v) is 6.61. The quantitative estimate of drug-likeness (QED) is 0.830. The first-order chi connectivity index (χ1) is 8.82. The Hall–Kier alpha value is -1.55. The molecule has 0 aliphatic heterocycles. The number of rotatable bonds is 6. The molecule has 0 aromatic heterocycles. The summed E-state index contributed by atoms with van der Waals surface area (Å²) in [5.41, 5.74) is 0.919. The molecule has 0 bridgehead atoms. The summed E-state index contributed by atoms with van der Waals surface area (Å²) in [4.78, 5) is 13.3. The molecule has 2 N–H and O–H groups in total. The third-order valence-corrected chi connectivity index (χ3v) is 3.20. The number of carbonyl (C=O) groups is 1. The van der Waals surface area contributed by atoms with Gasteiger partial charge < -0.3 is 10.2 Å². The zero-order valence-electron chi connectivity index (χ0n) is 12.0. The minimum atomic E-state index is -0.815. The first-order valence-electron chi connectivity index (χ1n) is 6.61. The van der Waals surface area contributed by atoms with Crippen LogP contribution in [0.2, 0.25) is 0 Å². The second kappa shape index (κ2) is 6.57. The lowest BCUT2D eigenvalue weighted by Crippen LogP contribution is -2.41. The summed E-state index contributed by atoms with van der Waals surface area (Å²) in [6.07, 6.45) is 0.0567. The number of phenolic OH excluding ortho intramolecular Hbond substituents is 1. The highest BCUT2D eigenvalue weighted by Crippen LogP contribution is 2.29. The van der Waals surface area contributed by atoms with Gasteiger partial charge in [0.1, 0.15) is 5.75 Å². The van der Waals surface area contributed by atoms with Crippen molar-refractivity contribution < 1.29 is 15.0 Å². The second-order valence-electron chi connectivity index (χ2n) is 5.34. The Morgan fingerprint density at radius 1 is 1.11 bits per heavy atom. The average Bonchev–Trinajstić information content (AvgIpc) is 2.27. The van der Waals surface area contributed by atoms with E-state index in [1.165, 1.54) is 0 Å². The van der Waals surface area contributed by atoms with Gasteiger partial charge in [0, 0.05) is 18.1 Å². The van der Waals surface area contributed by atoms with E-state index in [9.17, 15) is 9.90 Å². The molecule has 19 heavy (non-hydrogen) atoms. The zero-order valence-corrected chi connectivity index (χ0v) is 12.0. The van der Waals surface area contributed by atoms with Gasteiger partial charge in [-0.05, 0) is 45.4 Å². The third kappa shape index (κ3) is 4.24. The van der Waals surface area contributed by atoms with Gasteiger partial charge in [0.05, 0.1) is 6.42 Å². The molecular formula is C15H23NO3. The monoisotopic (exact) mass is 265 g/mol. The highest BCUT2D eigenvalue weighted by Gasteiger charge is 2.27. The minimum Gasteiger partial charge on any atom is -0.508 e. The van der Waals surface area contributed by atoms with Gasteiger partial charge in [-0.1, -0.05) is 12.1 Å². The maximum atomic E-state index is 11.1. The summed E-state index contributed by atoms with van der Waals surface area (Å²) in [6.45, 7) is 8.26. The number of aliphatic carboxylic acids is 1. The number of nitrogens with zero attached hydrogens (tertiary/aromatic N) is 1. The fourth-order valence-corrected chi connectivity index (χ4v) is 2.57. The molecule has 1 aromatic rings. The lowest BCUT2D eigenvalue weighted by molar-refractivity contribution is -0.139. The van der Waals surface area contributed by atoms with Gasteiger partial charge >= 0.3 is 5.97 Å². The van der Waals surface area contributed by atoms with Gasteiger partial charge in [-0.25, -0.2) is 0 Å². The summed E-state index contributed by atoms with van der Waals surface area (Å²) < 4.78 is 0. The van der Waals surface area contributed by atoms with Crippen LogP contribution in [0.4, 0.5) is 0 Å². The van der Waals surface area contributed by atoms with Crippen molar-refractivity contribution in [2.45, 2.75) is 52.2 Å². The van der Waals surface area contributed by atoms with Crippen molar-refractivity contribution in [1.82, 2.24) is 4.90 Å². The molecule has 0 saturated carbocycles. The van der Waals surface area contributed by atoms with Crippen molar-refractivity contribution in [3.05, 3.63) is 29.8 Å². The molecule has 0 saturated heterocycles. The van der Waals surface area contributed by atoms with E-state index in [1.807, 2.05) is 0 Å². The van der Waals surface area contributed by atoms with Crippen LogP contribution in [0, 0.1) is 0 Å². The molecule has 1 unspecified atom stereocenters. The Morgan fingerprint density at radius 2 is 1.58 bits per heavy atom. The second-order valence-corrected chi connectivity index (χ2v) is 5.34. The summed E-state index contributed by atoms with van der Waals surface area (Å²) in [7, 11) is 0. The zero-order chi connectivity index (χ0) is 14.6. The summed E-state index contributed by atoms with van der Waals surface area (Å²) in [6, 6.07) is 7.10. The molecule has 1 atom stereocenters.